The first-order valence-electron chi connectivity index (χ1n) is 10.3. The van der Waals surface area contributed by atoms with E-state index in [4.69, 9.17) is 9.15 Å². The van der Waals surface area contributed by atoms with E-state index >= 15 is 0 Å². The van der Waals surface area contributed by atoms with Gasteiger partial charge in [-0.3, -0.25) is 9.69 Å². The van der Waals surface area contributed by atoms with Gasteiger partial charge in [-0.15, -0.1) is 0 Å². The van der Waals surface area contributed by atoms with Gasteiger partial charge in [0.2, 0.25) is 11.0 Å². The average Bonchev–Trinajstić information content (AvgIpc) is 3.51. The monoisotopic (exact) mass is 433 g/mol. The highest BCUT2D eigenvalue weighted by atomic mass is 32.2. The third-order valence-corrected chi connectivity index (χ3v) is 7.45. The summed E-state index contributed by atoms with van der Waals surface area (Å²) in [4.78, 5) is 14.8. The lowest BCUT2D eigenvalue weighted by Crippen LogP contribution is -2.39. The van der Waals surface area contributed by atoms with Crippen LogP contribution in [0.1, 0.15) is 31.4 Å². The minimum Gasteiger partial charge on any atom is -0.497 e. The molecule has 3 heterocycles. The predicted molar refractivity (Wildman–Crippen MR) is 112 cm³/mol. The van der Waals surface area contributed by atoms with Crippen LogP contribution in [0, 0.1) is 0 Å². The van der Waals surface area contributed by atoms with Gasteiger partial charge < -0.3 is 14.5 Å². The van der Waals surface area contributed by atoms with E-state index in [0.29, 0.717) is 31.1 Å². The standard InChI is InChI=1S/C21H27N3O5S/c1-28-17-8-6-16(7-9-17)22-21(25)19-5-4-12-23(19)15-18-10-11-20(29-18)30(26,27)24-13-2-3-14-24/h6-11,19H,2-5,12-15H2,1H3,(H,22,25). The second kappa shape index (κ2) is 8.79. The number of likely N-dealkylation sites (tertiary alicyclic amines) is 1. The van der Waals surface area contributed by atoms with Gasteiger partial charge in [-0.1, -0.05) is 0 Å². The largest absolute Gasteiger partial charge is 0.497 e. The van der Waals surface area contributed by atoms with Crippen LogP contribution in [0.4, 0.5) is 5.69 Å². The van der Waals surface area contributed by atoms with Gasteiger partial charge in [-0.05, 0) is 68.6 Å². The van der Waals surface area contributed by atoms with Crippen molar-refractivity contribution < 1.29 is 22.4 Å². The third kappa shape index (κ3) is 4.38. The van der Waals surface area contributed by atoms with Crippen molar-refractivity contribution in [2.75, 3.05) is 32.1 Å². The van der Waals surface area contributed by atoms with Gasteiger partial charge in [-0.2, -0.15) is 4.31 Å². The van der Waals surface area contributed by atoms with Crippen molar-refractivity contribution in [3.8, 4) is 5.75 Å². The topological polar surface area (TPSA) is 92.1 Å². The molecule has 8 nitrogen and oxygen atoms in total. The Morgan fingerprint density at radius 2 is 1.83 bits per heavy atom. The third-order valence-electron chi connectivity index (χ3n) is 5.68. The fraction of sp³-hybridized carbons (Fsp3) is 0.476. The van der Waals surface area contributed by atoms with Gasteiger partial charge in [0.05, 0.1) is 19.7 Å². The Kier molecular flexibility index (Phi) is 6.12. The van der Waals surface area contributed by atoms with E-state index in [-0.39, 0.29) is 17.0 Å². The molecule has 1 aromatic heterocycles. The SMILES string of the molecule is COc1ccc(NC(=O)C2CCCN2Cc2ccc(S(=O)(=O)N3CCCC3)o2)cc1. The smallest absolute Gasteiger partial charge is 0.276 e. The second-order valence-electron chi connectivity index (χ2n) is 7.68. The summed E-state index contributed by atoms with van der Waals surface area (Å²) < 4.78 is 37.6. The van der Waals surface area contributed by atoms with Crippen molar-refractivity contribution in [3.63, 3.8) is 0 Å². The summed E-state index contributed by atoms with van der Waals surface area (Å²) in [6.45, 7) is 2.24. The van der Waals surface area contributed by atoms with Crippen LogP contribution in [0.2, 0.25) is 0 Å². The van der Waals surface area contributed by atoms with E-state index in [1.807, 2.05) is 4.90 Å². The quantitative estimate of drug-likeness (QED) is 0.722. The zero-order valence-corrected chi connectivity index (χ0v) is 17.9. The highest BCUT2D eigenvalue weighted by Crippen LogP contribution is 2.26. The average molecular weight is 434 g/mol. The van der Waals surface area contributed by atoms with Crippen molar-refractivity contribution in [2.24, 2.45) is 0 Å². The molecule has 1 amide bonds. The first kappa shape index (κ1) is 20.9. The highest BCUT2D eigenvalue weighted by Gasteiger charge is 2.33. The molecule has 2 aliphatic heterocycles. The molecular weight excluding hydrogens is 406 g/mol. The van der Waals surface area contributed by atoms with Crippen molar-refractivity contribution in [1.82, 2.24) is 9.21 Å². The molecule has 1 atom stereocenters. The number of anilines is 1. The van der Waals surface area contributed by atoms with Crippen LogP contribution in [0.3, 0.4) is 0 Å². The number of benzene rings is 1. The van der Waals surface area contributed by atoms with E-state index in [1.54, 1.807) is 37.4 Å². The van der Waals surface area contributed by atoms with E-state index < -0.39 is 10.0 Å². The summed E-state index contributed by atoms with van der Waals surface area (Å²) in [5, 5.41) is 2.93. The summed E-state index contributed by atoms with van der Waals surface area (Å²) in [7, 11) is -1.97. The normalized spacial score (nSPS) is 20.5. The number of nitrogens with zero attached hydrogens (tertiary/aromatic N) is 2. The van der Waals surface area contributed by atoms with Crippen LogP contribution in [0.5, 0.6) is 5.75 Å². The van der Waals surface area contributed by atoms with Crippen LogP contribution >= 0.6 is 0 Å². The maximum atomic E-state index is 12.8. The van der Waals surface area contributed by atoms with Gasteiger partial charge in [0, 0.05) is 18.8 Å². The zero-order valence-electron chi connectivity index (χ0n) is 17.0. The Morgan fingerprint density at radius 1 is 1.10 bits per heavy atom. The maximum Gasteiger partial charge on any atom is 0.276 e. The van der Waals surface area contributed by atoms with Crippen LogP contribution < -0.4 is 10.1 Å². The van der Waals surface area contributed by atoms with Gasteiger partial charge in [0.1, 0.15) is 11.5 Å². The fourth-order valence-corrected chi connectivity index (χ4v) is 5.50. The Hall–Kier alpha value is -2.36. The molecule has 0 spiro atoms. The first-order valence-corrected chi connectivity index (χ1v) is 11.7. The molecule has 0 aliphatic carbocycles. The number of furan rings is 1. The van der Waals surface area contributed by atoms with Crippen molar-refractivity contribution in [2.45, 2.75) is 43.4 Å². The lowest BCUT2D eigenvalue weighted by atomic mass is 10.2. The van der Waals surface area contributed by atoms with E-state index in [9.17, 15) is 13.2 Å². The molecule has 0 bridgehead atoms. The molecule has 1 N–H and O–H groups in total. The molecule has 2 aromatic rings. The van der Waals surface area contributed by atoms with Crippen LogP contribution in [0.15, 0.2) is 45.9 Å². The Bertz CT molecular complexity index is 980. The summed E-state index contributed by atoms with van der Waals surface area (Å²) in [6, 6.07) is 10.1. The minimum absolute atomic E-state index is 0.0159. The van der Waals surface area contributed by atoms with Gasteiger partial charge in [0.15, 0.2) is 0 Å². The number of carbonyl (C=O) groups is 1. The molecule has 2 fully saturated rings. The molecule has 0 saturated carbocycles. The number of carbonyl (C=O) groups excluding carboxylic acids is 1. The number of hydrogen-bond donors (Lipinski definition) is 1. The number of rotatable bonds is 7. The van der Waals surface area contributed by atoms with Crippen molar-refractivity contribution >= 4 is 21.6 Å². The Labute approximate surface area is 176 Å². The highest BCUT2D eigenvalue weighted by molar-refractivity contribution is 7.89. The molecular formula is C21H27N3O5S. The number of sulfonamides is 1. The molecule has 2 saturated heterocycles. The van der Waals surface area contributed by atoms with Crippen LogP contribution in [0.25, 0.3) is 0 Å². The molecule has 4 rings (SSSR count). The van der Waals surface area contributed by atoms with Crippen molar-refractivity contribution in [3.05, 3.63) is 42.2 Å². The lowest BCUT2D eigenvalue weighted by Gasteiger charge is -2.22. The number of amides is 1. The summed E-state index contributed by atoms with van der Waals surface area (Å²) in [5.41, 5.74) is 0.713. The Morgan fingerprint density at radius 3 is 2.53 bits per heavy atom. The summed E-state index contributed by atoms with van der Waals surface area (Å²) >= 11 is 0. The molecule has 9 heteroatoms. The summed E-state index contributed by atoms with van der Waals surface area (Å²) in [5.74, 6) is 1.21. The second-order valence-corrected chi connectivity index (χ2v) is 9.55. The molecule has 1 aromatic carbocycles. The molecule has 1 unspecified atom stereocenters. The van der Waals surface area contributed by atoms with E-state index in [1.165, 1.54) is 10.4 Å². The van der Waals surface area contributed by atoms with Crippen molar-refractivity contribution in [1.29, 1.82) is 0 Å². The lowest BCUT2D eigenvalue weighted by molar-refractivity contribution is -0.120. The number of nitrogens with one attached hydrogen (secondary N) is 1. The van der Waals surface area contributed by atoms with Crippen LogP contribution in [-0.4, -0.2) is 56.3 Å². The number of ether oxygens (including phenoxy) is 1. The van der Waals surface area contributed by atoms with Crippen LogP contribution in [-0.2, 0) is 21.4 Å². The maximum absolute atomic E-state index is 12.8. The summed E-state index contributed by atoms with van der Waals surface area (Å²) in [6.07, 6.45) is 3.42. The molecule has 0 radical (unpaired) electrons. The minimum atomic E-state index is -3.57. The Balaban J connectivity index is 1.40. The number of hydrogen-bond acceptors (Lipinski definition) is 6. The van der Waals surface area contributed by atoms with E-state index in [0.717, 1.165) is 38.0 Å². The first-order chi connectivity index (χ1) is 14.5. The van der Waals surface area contributed by atoms with Gasteiger partial charge >= 0.3 is 0 Å². The van der Waals surface area contributed by atoms with E-state index in [2.05, 4.69) is 5.32 Å². The molecule has 2 aliphatic rings. The molecule has 162 valence electrons. The fourth-order valence-electron chi connectivity index (χ4n) is 4.05. The molecule has 30 heavy (non-hydrogen) atoms. The predicted octanol–water partition coefficient (Wildman–Crippen LogP) is 2.68. The van der Waals surface area contributed by atoms with Gasteiger partial charge in [-0.25, -0.2) is 8.42 Å². The zero-order chi connectivity index (χ0) is 21.1. The van der Waals surface area contributed by atoms with Gasteiger partial charge in [0.25, 0.3) is 10.0 Å². The number of methoxy groups -OCH3 is 1.